The van der Waals surface area contributed by atoms with Crippen LogP contribution in [0.2, 0.25) is 0 Å². The summed E-state index contributed by atoms with van der Waals surface area (Å²) in [6.07, 6.45) is 35.2. The number of carbonyl (C=O) groups is 4. The van der Waals surface area contributed by atoms with Crippen LogP contribution in [0.15, 0.2) is 0 Å². The Hall–Kier alpha value is -1.94. The summed E-state index contributed by atoms with van der Waals surface area (Å²) in [6.45, 7) is 13.9. The zero-order valence-electron chi connectivity index (χ0n) is 54.5. The van der Waals surface area contributed by atoms with Crippen LogP contribution in [-0.4, -0.2) is 96.7 Å². The van der Waals surface area contributed by atoms with Crippen LogP contribution in [-0.2, 0) is 65.4 Å². The van der Waals surface area contributed by atoms with Crippen LogP contribution < -0.4 is 0 Å². The first-order chi connectivity index (χ1) is 40.1. The van der Waals surface area contributed by atoms with Crippen molar-refractivity contribution in [1.82, 2.24) is 0 Å². The maximum Gasteiger partial charge on any atom is 0.472 e. The minimum atomic E-state index is -4.95. The highest BCUT2D eigenvalue weighted by Crippen LogP contribution is 2.45. The third kappa shape index (κ3) is 59.0. The van der Waals surface area contributed by atoms with Crippen molar-refractivity contribution in [3.8, 4) is 0 Å². The molecule has 0 aromatic carbocycles. The average Bonchev–Trinajstić information content (AvgIpc) is 3.45. The second-order valence-corrected chi connectivity index (χ2v) is 28.3. The molecule has 0 rings (SSSR count). The number of hydrogen-bond donors (Lipinski definition) is 3. The van der Waals surface area contributed by atoms with E-state index in [2.05, 4.69) is 55.4 Å². The summed E-state index contributed by atoms with van der Waals surface area (Å²) >= 11 is 0. The van der Waals surface area contributed by atoms with Crippen LogP contribution in [0, 0.1) is 23.7 Å². The fraction of sp³-hybridized carbons (Fsp3) is 0.938. The van der Waals surface area contributed by atoms with Gasteiger partial charge in [-0.3, -0.25) is 37.3 Å². The van der Waals surface area contributed by atoms with Gasteiger partial charge >= 0.3 is 39.5 Å². The molecule has 0 aliphatic rings. The summed E-state index contributed by atoms with van der Waals surface area (Å²) in [6, 6.07) is 0. The van der Waals surface area contributed by atoms with Crippen molar-refractivity contribution in [2.24, 2.45) is 23.7 Å². The van der Waals surface area contributed by atoms with Gasteiger partial charge in [0, 0.05) is 25.7 Å². The van der Waals surface area contributed by atoms with Gasteiger partial charge in [-0.2, -0.15) is 0 Å². The highest BCUT2D eigenvalue weighted by molar-refractivity contribution is 7.47. The van der Waals surface area contributed by atoms with E-state index in [1.807, 2.05) is 0 Å². The van der Waals surface area contributed by atoms with Gasteiger partial charge in [-0.25, -0.2) is 9.13 Å². The topological polar surface area (TPSA) is 237 Å². The van der Waals surface area contributed by atoms with Crippen LogP contribution in [0.4, 0.5) is 0 Å². The van der Waals surface area contributed by atoms with E-state index in [1.54, 1.807) is 0 Å². The molecule has 0 saturated carbocycles. The van der Waals surface area contributed by atoms with E-state index >= 15 is 0 Å². The molecule has 0 spiro atoms. The largest absolute Gasteiger partial charge is 0.472 e. The molecule has 2 unspecified atom stereocenters. The molecule has 84 heavy (non-hydrogen) atoms. The smallest absolute Gasteiger partial charge is 0.462 e. The number of phosphoric ester groups is 2. The molecule has 0 aromatic heterocycles. The molecular weight excluding hydrogens is 1110 g/mol. The number of phosphoric acid groups is 2. The molecule has 0 radical (unpaired) electrons. The Kier molecular flexibility index (Phi) is 53.9. The monoisotopic (exact) mass is 1240 g/mol. The lowest BCUT2D eigenvalue weighted by Gasteiger charge is -2.21. The number of esters is 4. The predicted molar refractivity (Wildman–Crippen MR) is 335 cm³/mol. The van der Waals surface area contributed by atoms with Gasteiger partial charge in [-0.05, 0) is 49.4 Å². The first-order valence-corrected chi connectivity index (χ1v) is 36.7. The van der Waals surface area contributed by atoms with Crippen molar-refractivity contribution in [2.45, 2.75) is 331 Å². The number of aliphatic hydroxyl groups is 1. The third-order valence-electron chi connectivity index (χ3n) is 14.8. The summed E-state index contributed by atoms with van der Waals surface area (Å²) in [5.41, 5.74) is 0. The quantitative estimate of drug-likeness (QED) is 0.0222. The van der Waals surface area contributed by atoms with Crippen molar-refractivity contribution in [1.29, 1.82) is 0 Å². The Morgan fingerprint density at radius 3 is 0.738 bits per heavy atom. The number of rotatable bonds is 62. The van der Waals surface area contributed by atoms with Crippen LogP contribution in [0.3, 0.4) is 0 Å². The molecule has 0 bridgehead atoms. The van der Waals surface area contributed by atoms with Crippen LogP contribution in [0.5, 0.6) is 0 Å². The van der Waals surface area contributed by atoms with Crippen molar-refractivity contribution in [3.05, 3.63) is 0 Å². The van der Waals surface area contributed by atoms with E-state index in [-0.39, 0.29) is 25.7 Å². The first-order valence-electron chi connectivity index (χ1n) is 33.7. The van der Waals surface area contributed by atoms with Gasteiger partial charge in [0.1, 0.15) is 19.3 Å². The first kappa shape index (κ1) is 82.1. The highest BCUT2D eigenvalue weighted by Gasteiger charge is 2.30. The molecule has 0 heterocycles. The molecule has 0 aliphatic carbocycles. The lowest BCUT2D eigenvalue weighted by atomic mass is 10.0. The predicted octanol–water partition coefficient (Wildman–Crippen LogP) is 17.8. The summed E-state index contributed by atoms with van der Waals surface area (Å²) in [4.78, 5) is 72.2. The Bertz CT molecular complexity index is 1680. The molecule has 17 nitrogen and oxygen atoms in total. The second-order valence-electron chi connectivity index (χ2n) is 25.4. The number of hydrogen-bond acceptors (Lipinski definition) is 15. The van der Waals surface area contributed by atoms with Gasteiger partial charge in [0.05, 0.1) is 26.4 Å². The third-order valence-corrected chi connectivity index (χ3v) is 16.7. The van der Waals surface area contributed by atoms with E-state index < -0.39 is 97.5 Å². The minimum absolute atomic E-state index is 0.100. The summed E-state index contributed by atoms with van der Waals surface area (Å²) in [5.74, 6) is 0.705. The fourth-order valence-electron chi connectivity index (χ4n) is 9.61. The minimum Gasteiger partial charge on any atom is -0.462 e. The molecule has 0 aliphatic heterocycles. The number of unbranched alkanes of at least 4 members (excludes halogenated alkanes) is 28. The fourth-order valence-corrected chi connectivity index (χ4v) is 11.2. The normalized spacial score (nSPS) is 14.4. The molecule has 3 N–H and O–H groups in total. The van der Waals surface area contributed by atoms with Gasteiger partial charge in [0.15, 0.2) is 12.2 Å². The van der Waals surface area contributed by atoms with E-state index in [0.717, 1.165) is 108 Å². The van der Waals surface area contributed by atoms with Crippen molar-refractivity contribution in [3.63, 3.8) is 0 Å². The van der Waals surface area contributed by atoms with Gasteiger partial charge in [0.2, 0.25) is 0 Å². The summed E-state index contributed by atoms with van der Waals surface area (Å²) < 4.78 is 68.0. The van der Waals surface area contributed by atoms with Crippen LogP contribution in [0.1, 0.15) is 312 Å². The SMILES string of the molecule is CC(C)CCCCCCCCCCCCCCC(=O)OC[C@H](COP(=O)(O)OC[C@@H](O)COP(=O)(O)OC[C@@H](COC(=O)CCCCCCCCC(C)C)OC(=O)CCCCCCCCC(C)C)OC(=O)CCCCCCCCCCC(C)C. The Balaban J connectivity index is 5.22. The molecule has 19 heteroatoms. The standard InChI is InChI=1S/C65H126O17P2/c1-55(2)41-33-25-17-13-11-9-10-12-14-19-29-37-45-62(67)75-51-60(81-64(69)47-39-31-20-16-15-18-26-34-42-56(3)4)53-79-83(71,72)77-49-59(66)50-78-84(73,74)80-54-61(82-65(70)48-40-32-24-22-28-36-44-58(7)8)52-76-63(68)46-38-30-23-21-27-35-43-57(5)6/h55-61,66H,9-54H2,1-8H3,(H,71,72)(H,73,74)/t59-,60-,61-/m1/s1. The Morgan fingerprint density at radius 1 is 0.298 bits per heavy atom. The van der Waals surface area contributed by atoms with Gasteiger partial charge in [-0.15, -0.1) is 0 Å². The Labute approximate surface area is 511 Å². The van der Waals surface area contributed by atoms with Crippen molar-refractivity contribution in [2.75, 3.05) is 39.6 Å². The molecule has 0 saturated heterocycles. The zero-order chi connectivity index (χ0) is 62.5. The zero-order valence-corrected chi connectivity index (χ0v) is 56.3. The van der Waals surface area contributed by atoms with Gasteiger partial charge in [0.25, 0.3) is 0 Å². The molecule has 498 valence electrons. The number of aliphatic hydroxyl groups excluding tert-OH is 1. The van der Waals surface area contributed by atoms with Crippen LogP contribution >= 0.6 is 15.6 Å². The summed E-state index contributed by atoms with van der Waals surface area (Å²) in [7, 11) is -9.89. The van der Waals surface area contributed by atoms with E-state index in [0.29, 0.717) is 37.5 Å². The van der Waals surface area contributed by atoms with E-state index in [9.17, 15) is 43.2 Å². The highest BCUT2D eigenvalue weighted by atomic mass is 31.2. The van der Waals surface area contributed by atoms with E-state index in [1.165, 1.54) is 109 Å². The van der Waals surface area contributed by atoms with Gasteiger partial charge in [-0.1, -0.05) is 261 Å². The Morgan fingerprint density at radius 2 is 0.500 bits per heavy atom. The second kappa shape index (κ2) is 55.2. The molecule has 0 aromatic rings. The van der Waals surface area contributed by atoms with Crippen molar-refractivity contribution >= 4 is 39.5 Å². The van der Waals surface area contributed by atoms with Crippen LogP contribution in [0.25, 0.3) is 0 Å². The maximum atomic E-state index is 13.0. The number of ether oxygens (including phenoxy) is 4. The molecule has 0 fully saturated rings. The maximum absolute atomic E-state index is 13.0. The lowest BCUT2D eigenvalue weighted by Crippen LogP contribution is -2.30. The number of carbonyl (C=O) groups excluding carboxylic acids is 4. The molecule has 0 amide bonds. The van der Waals surface area contributed by atoms with Crippen molar-refractivity contribution < 1.29 is 80.2 Å². The average molecular weight is 1240 g/mol. The summed E-state index contributed by atoms with van der Waals surface area (Å²) in [5, 5.41) is 10.5. The van der Waals surface area contributed by atoms with E-state index in [4.69, 9.17) is 37.0 Å². The molecule has 5 atom stereocenters. The van der Waals surface area contributed by atoms with Gasteiger partial charge < -0.3 is 33.8 Å². The lowest BCUT2D eigenvalue weighted by molar-refractivity contribution is -0.161. The molecular formula is C65H126O17P2.